The summed E-state index contributed by atoms with van der Waals surface area (Å²) in [5, 5.41) is 17.4. The van der Waals surface area contributed by atoms with Crippen molar-refractivity contribution in [2.24, 2.45) is 5.10 Å². The van der Waals surface area contributed by atoms with Gasteiger partial charge in [-0.25, -0.2) is 5.01 Å². The molecule has 2 aromatic carbocycles. The normalized spacial score (nSPS) is 19.8. The molecule has 0 radical (unpaired) electrons. The van der Waals surface area contributed by atoms with Crippen molar-refractivity contribution in [2.45, 2.75) is 18.7 Å². The number of aromatic hydroxyl groups is 1. The van der Waals surface area contributed by atoms with E-state index < -0.39 is 6.23 Å². The molecule has 0 saturated carbocycles. The zero-order valence-corrected chi connectivity index (χ0v) is 16.4. The lowest BCUT2D eigenvalue weighted by atomic mass is 9.96. The van der Waals surface area contributed by atoms with Crippen LogP contribution in [0.15, 0.2) is 65.9 Å². The van der Waals surface area contributed by atoms with Crippen molar-refractivity contribution in [3.05, 3.63) is 82.6 Å². The Morgan fingerprint density at radius 1 is 1.17 bits per heavy atom. The highest BCUT2D eigenvalue weighted by Crippen LogP contribution is 2.48. The smallest absolute Gasteiger partial charge is 0.230 e. The summed E-state index contributed by atoms with van der Waals surface area (Å²) in [7, 11) is 1.53. The van der Waals surface area contributed by atoms with Gasteiger partial charge in [-0.2, -0.15) is 5.10 Å². The summed E-state index contributed by atoms with van der Waals surface area (Å²) in [6.45, 7) is 0. The number of phenols is 1. The first-order chi connectivity index (χ1) is 14.1. The lowest BCUT2D eigenvalue weighted by Gasteiger charge is -2.37. The van der Waals surface area contributed by atoms with Crippen molar-refractivity contribution in [3.63, 3.8) is 0 Å². The predicted molar refractivity (Wildman–Crippen MR) is 109 cm³/mol. The maximum atomic E-state index is 9.92. The second kappa shape index (κ2) is 6.97. The summed E-state index contributed by atoms with van der Waals surface area (Å²) in [4.78, 5) is 4.48. The number of benzene rings is 2. The fourth-order valence-corrected chi connectivity index (χ4v) is 3.99. The van der Waals surface area contributed by atoms with Gasteiger partial charge in [0.1, 0.15) is 11.4 Å². The van der Waals surface area contributed by atoms with E-state index in [1.54, 1.807) is 18.3 Å². The summed E-state index contributed by atoms with van der Waals surface area (Å²) in [5.74, 6) is 1.29. The van der Waals surface area contributed by atoms with Gasteiger partial charge in [0, 0.05) is 28.8 Å². The molecule has 0 spiro atoms. The van der Waals surface area contributed by atoms with E-state index in [1.165, 1.54) is 7.11 Å². The van der Waals surface area contributed by atoms with Crippen molar-refractivity contribution < 1.29 is 14.6 Å². The molecular formula is C22H18ClN3O3. The van der Waals surface area contributed by atoms with E-state index in [-0.39, 0.29) is 11.8 Å². The van der Waals surface area contributed by atoms with Crippen LogP contribution >= 0.6 is 11.6 Å². The molecule has 0 unspecified atom stereocenters. The van der Waals surface area contributed by atoms with Crippen LogP contribution in [-0.4, -0.2) is 27.9 Å². The molecule has 0 bridgehead atoms. The number of halogens is 1. The quantitative estimate of drug-likeness (QED) is 0.682. The summed E-state index contributed by atoms with van der Waals surface area (Å²) >= 11 is 6.26. The Kier molecular flexibility index (Phi) is 4.28. The molecular weight excluding hydrogens is 390 g/mol. The minimum atomic E-state index is -0.439. The summed E-state index contributed by atoms with van der Waals surface area (Å²) in [6.07, 6.45) is 1.98. The lowest BCUT2D eigenvalue weighted by Crippen LogP contribution is -2.34. The second-order valence-corrected chi connectivity index (χ2v) is 7.38. The van der Waals surface area contributed by atoms with Crippen molar-refractivity contribution in [1.82, 2.24) is 9.99 Å². The summed E-state index contributed by atoms with van der Waals surface area (Å²) < 4.78 is 11.5. The summed E-state index contributed by atoms with van der Waals surface area (Å²) in [5.41, 5.74) is 3.55. The Labute approximate surface area is 173 Å². The standard InChI is InChI=1S/C22H18ClN3O3/c1-28-21-10-13(5-7-19(21)27)17-12-18-15-11-14(23)6-8-20(15)29-22(26(18)25-17)16-4-2-3-9-24-16/h2-11,18,22,27H,12H2,1H3/t18-,22+/m1/s1. The van der Waals surface area contributed by atoms with Crippen LogP contribution in [0.1, 0.15) is 35.5 Å². The Balaban J connectivity index is 1.60. The van der Waals surface area contributed by atoms with Gasteiger partial charge in [-0.05, 0) is 48.5 Å². The lowest BCUT2D eigenvalue weighted by molar-refractivity contribution is -0.0218. The molecule has 2 aliphatic heterocycles. The van der Waals surface area contributed by atoms with E-state index in [0.29, 0.717) is 17.2 Å². The third-order valence-electron chi connectivity index (χ3n) is 5.21. The Hall–Kier alpha value is -3.25. The van der Waals surface area contributed by atoms with E-state index in [1.807, 2.05) is 47.5 Å². The number of hydrogen-bond donors (Lipinski definition) is 1. The number of ether oxygens (including phenoxy) is 2. The Bertz CT molecular complexity index is 1100. The molecule has 0 amide bonds. The molecule has 1 N–H and O–H groups in total. The molecule has 146 valence electrons. The van der Waals surface area contributed by atoms with Crippen LogP contribution in [0.25, 0.3) is 0 Å². The molecule has 0 saturated heterocycles. The Morgan fingerprint density at radius 2 is 2.07 bits per heavy atom. The van der Waals surface area contributed by atoms with Gasteiger partial charge in [0.05, 0.1) is 18.9 Å². The zero-order chi connectivity index (χ0) is 20.0. The number of rotatable bonds is 3. The number of phenolic OH excluding ortho intramolecular Hbond substituents is 1. The largest absolute Gasteiger partial charge is 0.504 e. The molecule has 2 aliphatic rings. The third-order valence-corrected chi connectivity index (χ3v) is 5.44. The predicted octanol–water partition coefficient (Wildman–Crippen LogP) is 4.69. The van der Waals surface area contributed by atoms with Gasteiger partial charge < -0.3 is 14.6 Å². The van der Waals surface area contributed by atoms with Crippen LogP contribution < -0.4 is 9.47 Å². The highest BCUT2D eigenvalue weighted by Gasteiger charge is 2.41. The third kappa shape index (κ3) is 3.06. The topological polar surface area (TPSA) is 67.2 Å². The van der Waals surface area contributed by atoms with E-state index >= 15 is 0 Å². The molecule has 3 heterocycles. The molecule has 0 aliphatic carbocycles. The van der Waals surface area contributed by atoms with Crippen LogP contribution in [0.4, 0.5) is 0 Å². The van der Waals surface area contributed by atoms with E-state index in [0.717, 1.165) is 28.3 Å². The van der Waals surface area contributed by atoms with Gasteiger partial charge in [-0.3, -0.25) is 4.98 Å². The van der Waals surface area contributed by atoms with Crippen LogP contribution in [0.3, 0.4) is 0 Å². The van der Waals surface area contributed by atoms with E-state index in [2.05, 4.69) is 4.98 Å². The number of pyridine rings is 1. The number of hydrogen-bond acceptors (Lipinski definition) is 6. The van der Waals surface area contributed by atoms with Crippen molar-refractivity contribution in [2.75, 3.05) is 7.11 Å². The molecule has 7 heteroatoms. The zero-order valence-electron chi connectivity index (χ0n) is 15.6. The number of aromatic nitrogens is 1. The molecule has 0 fully saturated rings. The highest BCUT2D eigenvalue weighted by atomic mass is 35.5. The summed E-state index contributed by atoms with van der Waals surface area (Å²) in [6, 6.07) is 16.6. The fourth-order valence-electron chi connectivity index (χ4n) is 3.81. The van der Waals surface area contributed by atoms with Gasteiger partial charge >= 0.3 is 0 Å². The van der Waals surface area contributed by atoms with Gasteiger partial charge in [0.2, 0.25) is 6.23 Å². The molecule has 6 nitrogen and oxygen atoms in total. The van der Waals surface area contributed by atoms with Crippen LogP contribution in [0.2, 0.25) is 5.02 Å². The molecule has 1 aromatic heterocycles. The number of nitrogens with zero attached hydrogens (tertiary/aromatic N) is 3. The minimum absolute atomic E-state index is 0.0285. The molecule has 3 aromatic rings. The van der Waals surface area contributed by atoms with Crippen molar-refractivity contribution >= 4 is 17.3 Å². The maximum Gasteiger partial charge on any atom is 0.230 e. The van der Waals surface area contributed by atoms with Crippen LogP contribution in [0, 0.1) is 0 Å². The molecule has 29 heavy (non-hydrogen) atoms. The fraction of sp³-hybridized carbons (Fsp3) is 0.182. The van der Waals surface area contributed by atoms with Gasteiger partial charge in [0.15, 0.2) is 11.5 Å². The number of fused-ring (bicyclic) bond motifs is 3. The first-order valence-electron chi connectivity index (χ1n) is 9.24. The second-order valence-electron chi connectivity index (χ2n) is 6.94. The number of methoxy groups -OCH3 is 1. The maximum absolute atomic E-state index is 9.92. The highest BCUT2D eigenvalue weighted by molar-refractivity contribution is 6.30. The SMILES string of the molecule is COc1cc(C2=NN3[C@H](C2)c2cc(Cl)ccc2O[C@H]3c2ccccn2)ccc1O. The minimum Gasteiger partial charge on any atom is -0.504 e. The monoisotopic (exact) mass is 407 g/mol. The average Bonchev–Trinajstić information content (AvgIpc) is 3.20. The molecule has 5 rings (SSSR count). The van der Waals surface area contributed by atoms with Crippen molar-refractivity contribution in [1.29, 1.82) is 0 Å². The van der Waals surface area contributed by atoms with E-state index in [4.69, 9.17) is 26.2 Å². The van der Waals surface area contributed by atoms with Gasteiger partial charge in [-0.15, -0.1) is 0 Å². The van der Waals surface area contributed by atoms with E-state index in [9.17, 15) is 5.11 Å². The first-order valence-corrected chi connectivity index (χ1v) is 9.62. The Morgan fingerprint density at radius 3 is 2.86 bits per heavy atom. The van der Waals surface area contributed by atoms with Crippen molar-refractivity contribution in [3.8, 4) is 17.2 Å². The van der Waals surface area contributed by atoms with Crippen LogP contribution in [-0.2, 0) is 0 Å². The molecule has 2 atom stereocenters. The average molecular weight is 408 g/mol. The van der Waals surface area contributed by atoms with Crippen LogP contribution in [0.5, 0.6) is 17.2 Å². The first kappa shape index (κ1) is 17.8. The number of hydrazone groups is 1. The van der Waals surface area contributed by atoms with Gasteiger partial charge in [-0.1, -0.05) is 17.7 Å². The van der Waals surface area contributed by atoms with Gasteiger partial charge in [0.25, 0.3) is 0 Å².